The molecule has 19 heteroatoms. The summed E-state index contributed by atoms with van der Waals surface area (Å²) in [5, 5.41) is 71.0. The number of carbonyl (C=O) groups is 6. The van der Waals surface area contributed by atoms with Gasteiger partial charge in [0.1, 0.15) is 42.7 Å². The number of aliphatic carboxylic acids is 3. The minimum Gasteiger partial charge on any atom is -0.480 e. The second-order valence-electron chi connectivity index (χ2n) is 8.85. The molecule has 2 rings (SSSR count). The van der Waals surface area contributed by atoms with Crippen LogP contribution < -0.4 is 21.1 Å². The lowest BCUT2D eigenvalue weighted by atomic mass is 9.99. The monoisotopic (exact) mass is 619 g/mol. The predicted molar refractivity (Wildman–Crippen MR) is 136 cm³/mol. The maximum Gasteiger partial charge on any atom is 0.335 e. The quantitative estimate of drug-likeness (QED) is 0.0856. The minimum absolute atomic E-state index is 0.0708. The van der Waals surface area contributed by atoms with E-state index in [0.717, 1.165) is 23.9 Å². The fraction of sp³-hybridized carbons (Fsp3) is 0.478. The van der Waals surface area contributed by atoms with Crippen LogP contribution in [0, 0.1) is 0 Å². The number of ether oxygens (including phenoxy) is 2. The Morgan fingerprint density at radius 2 is 1.67 bits per heavy atom. The van der Waals surface area contributed by atoms with Gasteiger partial charge in [0, 0.05) is 17.1 Å². The van der Waals surface area contributed by atoms with E-state index >= 15 is 0 Å². The summed E-state index contributed by atoms with van der Waals surface area (Å²) >= 11 is 0.783. The van der Waals surface area contributed by atoms with Gasteiger partial charge in [0.25, 0.3) is 0 Å². The first-order valence-corrected chi connectivity index (χ1v) is 13.0. The van der Waals surface area contributed by atoms with Gasteiger partial charge in [-0.3, -0.25) is 19.2 Å². The molecule has 0 aromatic heterocycles. The van der Waals surface area contributed by atoms with Gasteiger partial charge in [0.15, 0.2) is 6.10 Å². The number of thioether (sulfide) groups is 1. The number of aliphatic hydroxyl groups excluding tert-OH is 3. The van der Waals surface area contributed by atoms with Crippen LogP contribution in [0.3, 0.4) is 0 Å². The first kappa shape index (κ1) is 34.2. The molecule has 42 heavy (non-hydrogen) atoms. The highest BCUT2D eigenvalue weighted by atomic mass is 32.2. The Kier molecular flexibility index (Phi) is 12.4. The van der Waals surface area contributed by atoms with E-state index in [1.54, 1.807) is 0 Å². The van der Waals surface area contributed by atoms with E-state index in [1.165, 1.54) is 6.07 Å². The van der Waals surface area contributed by atoms with Gasteiger partial charge >= 0.3 is 23.9 Å². The number of nitrogens with two attached hydrogens (primary N) is 1. The zero-order valence-corrected chi connectivity index (χ0v) is 22.3. The summed E-state index contributed by atoms with van der Waals surface area (Å²) in [6.45, 7) is -0.794. The molecule has 0 spiro atoms. The average molecular weight is 620 g/mol. The smallest absolute Gasteiger partial charge is 0.335 e. The largest absolute Gasteiger partial charge is 0.480 e. The van der Waals surface area contributed by atoms with E-state index in [-0.39, 0.29) is 28.4 Å². The summed E-state index contributed by atoms with van der Waals surface area (Å²) in [7, 11) is 0. The summed E-state index contributed by atoms with van der Waals surface area (Å²) in [5.41, 5.74) is 5.05. The summed E-state index contributed by atoms with van der Waals surface area (Å²) in [5.74, 6) is -8.19. The summed E-state index contributed by atoms with van der Waals surface area (Å²) < 4.78 is 10.6. The van der Waals surface area contributed by atoms with Crippen LogP contribution in [0.15, 0.2) is 23.1 Å². The standard InChI is InChI=1S/C23H29N3O15S/c24-9(21(36)37)2-4-13(27)26-10(19(33)25-6-14(28)29)7-42-12-3-1-8(20(34)35)5-11(12)40-23-17(32)15(30)16(31)18(41-23)22(38)39/h1,3,5,9-10,15-18,23,30-32H,2,4,6-7,24H2,(H,25,33)(H,26,27)(H,28,29)(H,34,35)(H,36,37)(H,38,39)/t9?,10?,15-,16-,17+,18?,23?/m0/s1. The molecule has 11 N–H and O–H groups in total. The summed E-state index contributed by atoms with van der Waals surface area (Å²) in [4.78, 5) is 69.8. The van der Waals surface area contributed by atoms with Crippen LogP contribution in [0.4, 0.5) is 0 Å². The molecule has 232 valence electrons. The molecule has 1 saturated heterocycles. The second-order valence-corrected chi connectivity index (χ2v) is 9.91. The molecule has 7 atom stereocenters. The highest BCUT2D eigenvalue weighted by Crippen LogP contribution is 2.34. The van der Waals surface area contributed by atoms with Gasteiger partial charge in [-0.15, -0.1) is 11.8 Å². The maximum absolute atomic E-state index is 12.6. The number of amides is 2. The van der Waals surface area contributed by atoms with E-state index in [4.69, 9.17) is 25.4 Å². The molecule has 0 bridgehead atoms. The molecule has 0 radical (unpaired) electrons. The normalized spacial score (nSPS) is 23.2. The second kappa shape index (κ2) is 15.3. The molecule has 18 nitrogen and oxygen atoms in total. The Morgan fingerprint density at radius 1 is 1.00 bits per heavy atom. The molecule has 4 unspecified atom stereocenters. The van der Waals surface area contributed by atoms with Gasteiger partial charge < -0.3 is 61.6 Å². The van der Waals surface area contributed by atoms with Crippen molar-refractivity contribution in [2.24, 2.45) is 5.73 Å². The van der Waals surface area contributed by atoms with Crippen molar-refractivity contribution in [3.05, 3.63) is 23.8 Å². The number of aromatic carboxylic acids is 1. The van der Waals surface area contributed by atoms with Crippen molar-refractivity contribution in [2.75, 3.05) is 12.3 Å². The predicted octanol–water partition coefficient (Wildman–Crippen LogP) is -3.37. The number of benzene rings is 1. The van der Waals surface area contributed by atoms with Crippen molar-refractivity contribution in [3.63, 3.8) is 0 Å². The number of hydrogen-bond acceptors (Lipinski definition) is 13. The van der Waals surface area contributed by atoms with Gasteiger partial charge in [0.2, 0.25) is 18.1 Å². The van der Waals surface area contributed by atoms with Crippen LogP contribution in [-0.2, 0) is 28.7 Å². The van der Waals surface area contributed by atoms with E-state index in [9.17, 15) is 54.3 Å². The van der Waals surface area contributed by atoms with Crippen LogP contribution in [0.2, 0.25) is 0 Å². The van der Waals surface area contributed by atoms with E-state index in [0.29, 0.717) is 0 Å². The van der Waals surface area contributed by atoms with E-state index < -0.39 is 91.4 Å². The van der Waals surface area contributed by atoms with Crippen molar-refractivity contribution in [3.8, 4) is 5.75 Å². The maximum atomic E-state index is 12.6. The van der Waals surface area contributed by atoms with Crippen LogP contribution >= 0.6 is 11.8 Å². The minimum atomic E-state index is -2.02. The zero-order valence-electron chi connectivity index (χ0n) is 21.5. The fourth-order valence-electron chi connectivity index (χ4n) is 3.45. The molecule has 1 heterocycles. The third kappa shape index (κ3) is 9.53. The lowest BCUT2D eigenvalue weighted by Gasteiger charge is -2.38. The third-order valence-electron chi connectivity index (χ3n) is 5.72. The Bertz CT molecular complexity index is 1200. The lowest BCUT2D eigenvalue weighted by Crippen LogP contribution is -2.61. The number of nitrogens with one attached hydrogen (secondary N) is 2. The molecular weight excluding hydrogens is 590 g/mol. The van der Waals surface area contributed by atoms with Crippen LogP contribution in [-0.4, -0.2) is 127 Å². The van der Waals surface area contributed by atoms with Crippen molar-refractivity contribution < 1.29 is 74.0 Å². The van der Waals surface area contributed by atoms with Gasteiger partial charge in [-0.2, -0.15) is 0 Å². The number of aliphatic hydroxyl groups is 3. The number of carboxylic acids is 4. The number of rotatable bonds is 15. The fourth-order valence-corrected chi connectivity index (χ4v) is 4.44. The first-order chi connectivity index (χ1) is 19.6. The Labute approximate surface area is 240 Å². The van der Waals surface area contributed by atoms with Gasteiger partial charge in [-0.05, 0) is 24.6 Å². The average Bonchev–Trinajstić information content (AvgIpc) is 2.92. The number of carboxylic acid groups (broad SMARTS) is 4. The highest BCUT2D eigenvalue weighted by Gasteiger charge is 2.48. The molecule has 0 aliphatic carbocycles. The van der Waals surface area contributed by atoms with Gasteiger partial charge in [-0.25, -0.2) is 9.59 Å². The van der Waals surface area contributed by atoms with Gasteiger partial charge in [0.05, 0.1) is 5.56 Å². The van der Waals surface area contributed by atoms with Crippen LogP contribution in [0.1, 0.15) is 23.2 Å². The Hall–Kier alpha value is -4.01. The van der Waals surface area contributed by atoms with Crippen molar-refractivity contribution >= 4 is 47.5 Å². The summed E-state index contributed by atoms with van der Waals surface area (Å²) in [6.07, 6.45) is -10.6. The Morgan fingerprint density at radius 3 is 2.24 bits per heavy atom. The highest BCUT2D eigenvalue weighted by molar-refractivity contribution is 7.99. The molecule has 1 aromatic rings. The SMILES string of the molecule is NC(CCC(=O)NC(CSc1ccc(C(=O)O)cc1OC1OC(C(=O)O)[C@@H](O)[C@H](O)[C@H]1O)C(=O)NCC(=O)O)C(=O)O. The lowest BCUT2D eigenvalue weighted by molar-refractivity contribution is -0.271. The van der Waals surface area contributed by atoms with Crippen LogP contribution in [0.25, 0.3) is 0 Å². The third-order valence-corrected chi connectivity index (χ3v) is 6.87. The number of hydrogen-bond donors (Lipinski definition) is 10. The van der Waals surface area contributed by atoms with Gasteiger partial charge in [-0.1, -0.05) is 0 Å². The zero-order chi connectivity index (χ0) is 31.7. The number of carbonyl (C=O) groups excluding carboxylic acids is 2. The molecule has 1 fully saturated rings. The van der Waals surface area contributed by atoms with Crippen molar-refractivity contribution in [1.82, 2.24) is 10.6 Å². The topological polar surface area (TPSA) is 313 Å². The Balaban J connectivity index is 2.29. The van der Waals surface area contributed by atoms with E-state index in [1.807, 2.05) is 0 Å². The molecule has 0 saturated carbocycles. The summed E-state index contributed by atoms with van der Waals surface area (Å²) in [6, 6.07) is 0.576. The molecule has 2 amide bonds. The van der Waals surface area contributed by atoms with Crippen LogP contribution in [0.5, 0.6) is 5.75 Å². The molecular formula is C23H29N3O15S. The molecule has 1 aromatic carbocycles. The molecule has 1 aliphatic heterocycles. The first-order valence-electron chi connectivity index (χ1n) is 12.0. The van der Waals surface area contributed by atoms with Crippen molar-refractivity contribution in [2.45, 2.75) is 60.5 Å². The molecule has 1 aliphatic rings. The van der Waals surface area contributed by atoms with E-state index in [2.05, 4.69) is 10.6 Å². The van der Waals surface area contributed by atoms with Crippen molar-refractivity contribution in [1.29, 1.82) is 0 Å².